The minimum absolute atomic E-state index is 0.303. The van der Waals surface area contributed by atoms with E-state index < -0.39 is 0 Å². The van der Waals surface area contributed by atoms with Crippen molar-refractivity contribution in [2.24, 2.45) is 0 Å². The minimum Gasteiger partial charge on any atom is -0.486 e. The number of ether oxygens (including phenoxy) is 1. The van der Waals surface area contributed by atoms with Crippen molar-refractivity contribution in [1.29, 1.82) is 0 Å². The predicted molar refractivity (Wildman–Crippen MR) is 76.2 cm³/mol. The second-order valence-electron chi connectivity index (χ2n) is 4.74. The van der Waals surface area contributed by atoms with Gasteiger partial charge in [-0.2, -0.15) is 0 Å². The first-order valence-corrected chi connectivity index (χ1v) is 6.86. The lowest BCUT2D eigenvalue weighted by Crippen LogP contribution is -2.13. The zero-order chi connectivity index (χ0) is 14.4. The van der Waals surface area contributed by atoms with Crippen molar-refractivity contribution in [3.8, 4) is 5.75 Å². The van der Waals surface area contributed by atoms with Crippen molar-refractivity contribution in [3.05, 3.63) is 53.2 Å². The summed E-state index contributed by atoms with van der Waals surface area (Å²) in [4.78, 5) is 0. The number of hydrogen-bond acceptors (Lipinski definition) is 3. The summed E-state index contributed by atoms with van der Waals surface area (Å²) in [5.41, 5.74) is 1.10. The first-order chi connectivity index (χ1) is 9.69. The Balaban J connectivity index is 1.91. The van der Waals surface area contributed by atoms with Gasteiger partial charge in [0.05, 0.1) is 6.54 Å². The van der Waals surface area contributed by atoms with Gasteiger partial charge in [-0.15, -0.1) is 0 Å². The molecular formula is C16H20FNO2. The zero-order valence-corrected chi connectivity index (χ0v) is 11.9. The van der Waals surface area contributed by atoms with E-state index in [1.54, 1.807) is 12.1 Å². The van der Waals surface area contributed by atoms with Gasteiger partial charge in [-0.25, -0.2) is 4.39 Å². The highest BCUT2D eigenvalue weighted by atomic mass is 19.1. The van der Waals surface area contributed by atoms with Crippen LogP contribution in [0.2, 0.25) is 0 Å². The van der Waals surface area contributed by atoms with E-state index in [-0.39, 0.29) is 5.82 Å². The third kappa shape index (κ3) is 4.10. The largest absolute Gasteiger partial charge is 0.486 e. The second-order valence-corrected chi connectivity index (χ2v) is 4.74. The Hall–Kier alpha value is -1.81. The Labute approximate surface area is 118 Å². The number of halogens is 1. The van der Waals surface area contributed by atoms with Crippen LogP contribution in [0.5, 0.6) is 5.75 Å². The van der Waals surface area contributed by atoms with E-state index in [0.29, 0.717) is 12.4 Å². The van der Waals surface area contributed by atoms with Crippen LogP contribution >= 0.6 is 0 Å². The van der Waals surface area contributed by atoms with Crippen LogP contribution < -0.4 is 10.1 Å². The molecule has 0 fully saturated rings. The molecule has 4 heteroatoms. The third-order valence-corrected chi connectivity index (χ3v) is 2.96. The monoisotopic (exact) mass is 277 g/mol. The molecule has 0 aliphatic heterocycles. The SMILES string of the molecule is CCCNCc1oc(COc2cccc(F)c2)cc1C. The molecular weight excluding hydrogens is 257 g/mol. The standard InChI is InChI=1S/C16H20FNO2/c1-3-7-18-10-16-12(2)8-15(20-16)11-19-14-6-4-5-13(17)9-14/h4-6,8-9,18H,3,7,10-11H2,1-2H3. The first kappa shape index (κ1) is 14.6. The molecule has 0 radical (unpaired) electrons. The van der Waals surface area contributed by atoms with Crippen LogP contribution in [0, 0.1) is 12.7 Å². The smallest absolute Gasteiger partial charge is 0.146 e. The van der Waals surface area contributed by atoms with Gasteiger partial charge in [0.15, 0.2) is 0 Å². The molecule has 0 saturated heterocycles. The van der Waals surface area contributed by atoms with Crippen molar-refractivity contribution in [3.63, 3.8) is 0 Å². The Morgan fingerprint density at radius 1 is 1.30 bits per heavy atom. The molecule has 0 amide bonds. The summed E-state index contributed by atoms with van der Waals surface area (Å²) >= 11 is 0. The number of furan rings is 1. The summed E-state index contributed by atoms with van der Waals surface area (Å²) in [6.07, 6.45) is 1.09. The summed E-state index contributed by atoms with van der Waals surface area (Å²) in [6.45, 7) is 6.13. The fraction of sp³-hybridized carbons (Fsp3) is 0.375. The quantitative estimate of drug-likeness (QED) is 0.782. The van der Waals surface area contributed by atoms with Crippen molar-refractivity contribution >= 4 is 0 Å². The molecule has 0 unspecified atom stereocenters. The predicted octanol–water partition coefficient (Wildman–Crippen LogP) is 3.81. The van der Waals surface area contributed by atoms with Crippen LogP contribution in [0.15, 0.2) is 34.7 Å². The minimum atomic E-state index is -0.303. The topological polar surface area (TPSA) is 34.4 Å². The molecule has 0 saturated carbocycles. The maximum absolute atomic E-state index is 13.0. The van der Waals surface area contributed by atoms with Gasteiger partial charge in [-0.1, -0.05) is 13.0 Å². The van der Waals surface area contributed by atoms with E-state index in [9.17, 15) is 4.39 Å². The molecule has 1 heterocycles. The normalized spacial score (nSPS) is 10.8. The fourth-order valence-corrected chi connectivity index (χ4v) is 1.93. The highest BCUT2D eigenvalue weighted by Gasteiger charge is 2.08. The zero-order valence-electron chi connectivity index (χ0n) is 11.9. The number of hydrogen-bond donors (Lipinski definition) is 1. The molecule has 1 aromatic heterocycles. The van der Waals surface area contributed by atoms with E-state index in [1.807, 2.05) is 13.0 Å². The lowest BCUT2D eigenvalue weighted by molar-refractivity contribution is 0.264. The molecule has 20 heavy (non-hydrogen) atoms. The molecule has 1 N–H and O–H groups in total. The molecule has 3 nitrogen and oxygen atoms in total. The molecule has 108 valence electrons. The highest BCUT2D eigenvalue weighted by molar-refractivity contribution is 5.24. The summed E-state index contributed by atoms with van der Waals surface area (Å²) in [5.74, 6) is 1.88. The van der Waals surface area contributed by atoms with E-state index in [2.05, 4.69) is 12.2 Å². The van der Waals surface area contributed by atoms with Crippen molar-refractivity contribution in [2.75, 3.05) is 6.54 Å². The van der Waals surface area contributed by atoms with E-state index in [0.717, 1.165) is 36.6 Å². The van der Waals surface area contributed by atoms with E-state index in [4.69, 9.17) is 9.15 Å². The highest BCUT2D eigenvalue weighted by Crippen LogP contribution is 2.18. The Morgan fingerprint density at radius 2 is 2.15 bits per heavy atom. The van der Waals surface area contributed by atoms with Gasteiger partial charge in [0, 0.05) is 6.07 Å². The second kappa shape index (κ2) is 7.10. The van der Waals surface area contributed by atoms with Crippen LogP contribution in [0.1, 0.15) is 30.4 Å². The van der Waals surface area contributed by atoms with Gasteiger partial charge in [0.2, 0.25) is 0 Å². The van der Waals surface area contributed by atoms with Gasteiger partial charge in [-0.05, 0) is 43.7 Å². The number of rotatable bonds is 7. The van der Waals surface area contributed by atoms with Gasteiger partial charge >= 0.3 is 0 Å². The Kier molecular flexibility index (Phi) is 5.18. The first-order valence-electron chi connectivity index (χ1n) is 6.86. The average Bonchev–Trinajstić information content (AvgIpc) is 2.78. The van der Waals surface area contributed by atoms with Gasteiger partial charge in [0.25, 0.3) is 0 Å². The molecule has 0 spiro atoms. The summed E-state index contributed by atoms with van der Waals surface area (Å²) in [7, 11) is 0. The molecule has 0 aliphatic rings. The van der Waals surface area contributed by atoms with Gasteiger partial charge in [-0.3, -0.25) is 0 Å². The van der Waals surface area contributed by atoms with Crippen LogP contribution in [-0.4, -0.2) is 6.54 Å². The molecule has 2 aromatic rings. The maximum atomic E-state index is 13.0. The van der Waals surface area contributed by atoms with E-state index >= 15 is 0 Å². The molecule has 0 aliphatic carbocycles. The molecule has 0 bridgehead atoms. The van der Waals surface area contributed by atoms with Crippen molar-refractivity contribution < 1.29 is 13.5 Å². The van der Waals surface area contributed by atoms with E-state index in [1.165, 1.54) is 12.1 Å². The van der Waals surface area contributed by atoms with Crippen LogP contribution in [-0.2, 0) is 13.2 Å². The lowest BCUT2D eigenvalue weighted by atomic mass is 10.2. The summed E-state index contributed by atoms with van der Waals surface area (Å²) in [6, 6.07) is 8.06. The van der Waals surface area contributed by atoms with Gasteiger partial charge in [0.1, 0.15) is 29.7 Å². The molecule has 2 rings (SSSR count). The molecule has 0 atom stereocenters. The van der Waals surface area contributed by atoms with Crippen molar-refractivity contribution in [1.82, 2.24) is 5.32 Å². The maximum Gasteiger partial charge on any atom is 0.146 e. The molecule has 1 aromatic carbocycles. The average molecular weight is 277 g/mol. The number of nitrogens with one attached hydrogen (secondary N) is 1. The third-order valence-electron chi connectivity index (χ3n) is 2.96. The van der Waals surface area contributed by atoms with Crippen LogP contribution in [0.4, 0.5) is 4.39 Å². The van der Waals surface area contributed by atoms with Crippen molar-refractivity contribution in [2.45, 2.75) is 33.4 Å². The summed E-state index contributed by atoms with van der Waals surface area (Å²) in [5, 5.41) is 3.30. The van der Waals surface area contributed by atoms with Gasteiger partial charge < -0.3 is 14.5 Å². The fourth-order valence-electron chi connectivity index (χ4n) is 1.93. The number of benzene rings is 1. The number of aryl methyl sites for hydroxylation is 1. The van der Waals surface area contributed by atoms with Crippen LogP contribution in [0.25, 0.3) is 0 Å². The Morgan fingerprint density at radius 3 is 2.90 bits per heavy atom. The lowest BCUT2D eigenvalue weighted by Gasteiger charge is -2.04. The Bertz CT molecular complexity index is 551. The van der Waals surface area contributed by atoms with Crippen LogP contribution in [0.3, 0.4) is 0 Å². The summed E-state index contributed by atoms with van der Waals surface area (Å²) < 4.78 is 24.3.